The molecule has 0 N–H and O–H groups in total. The highest BCUT2D eigenvalue weighted by Gasteiger charge is 2.08. The van der Waals surface area contributed by atoms with E-state index in [9.17, 15) is 4.79 Å². The van der Waals surface area contributed by atoms with E-state index in [1.54, 1.807) is 28.9 Å². The van der Waals surface area contributed by atoms with E-state index in [0.717, 1.165) is 11.3 Å². The van der Waals surface area contributed by atoms with Gasteiger partial charge in [-0.15, -0.1) is 0 Å². The fourth-order valence-corrected chi connectivity index (χ4v) is 2.14. The molecule has 5 heteroatoms. The van der Waals surface area contributed by atoms with Crippen LogP contribution in [0.5, 0.6) is 5.75 Å². The van der Waals surface area contributed by atoms with Crippen LogP contribution in [-0.2, 0) is 0 Å². The Morgan fingerprint density at radius 2 is 2.04 bits per heavy atom. The summed E-state index contributed by atoms with van der Waals surface area (Å²) >= 11 is 0. The van der Waals surface area contributed by atoms with Gasteiger partial charge in [0.2, 0.25) is 11.6 Å². The number of imidazole rings is 1. The highest BCUT2D eigenvalue weighted by Crippen LogP contribution is 2.15. The number of ketones is 1. The van der Waals surface area contributed by atoms with Crippen LogP contribution < -0.4 is 4.74 Å². The minimum absolute atomic E-state index is 0.140. The van der Waals surface area contributed by atoms with Gasteiger partial charge in [-0.1, -0.05) is 18.2 Å². The minimum atomic E-state index is -0.155. The first-order valence-corrected chi connectivity index (χ1v) is 7.41. The zero-order valence-corrected chi connectivity index (χ0v) is 13.0. The first-order chi connectivity index (χ1) is 11.1. The lowest BCUT2D eigenvalue weighted by Gasteiger charge is -2.09. The van der Waals surface area contributed by atoms with Crippen molar-refractivity contribution in [3.63, 3.8) is 0 Å². The predicted octanol–water partition coefficient (Wildman–Crippen LogP) is 3.41. The van der Waals surface area contributed by atoms with E-state index < -0.39 is 0 Å². The van der Waals surface area contributed by atoms with Crippen molar-refractivity contribution >= 4 is 17.6 Å². The summed E-state index contributed by atoms with van der Waals surface area (Å²) in [5.41, 5.74) is 1.30. The molecule has 23 heavy (non-hydrogen) atoms. The summed E-state index contributed by atoms with van der Waals surface area (Å²) in [6.07, 6.45) is 8.55. The first-order valence-electron chi connectivity index (χ1n) is 7.41. The van der Waals surface area contributed by atoms with Crippen molar-refractivity contribution in [3.8, 4) is 5.75 Å². The molecule has 0 radical (unpaired) electrons. The third-order valence-corrected chi connectivity index (χ3v) is 3.17. The van der Waals surface area contributed by atoms with Crippen LogP contribution in [0.3, 0.4) is 0 Å². The van der Waals surface area contributed by atoms with Crippen LogP contribution in [0, 0.1) is 0 Å². The van der Waals surface area contributed by atoms with Gasteiger partial charge in [-0.25, -0.2) is 9.97 Å². The molecular weight excluding hydrogens is 290 g/mol. The van der Waals surface area contributed by atoms with Gasteiger partial charge < -0.3 is 4.74 Å². The molecule has 0 atom stereocenters. The molecule has 0 unspecified atom stereocenters. The van der Waals surface area contributed by atoms with Crippen molar-refractivity contribution in [2.45, 2.75) is 20.0 Å². The SMILES string of the molecule is CC(C)Oc1ccc(/C=C/C(=O)c2cn3cccnc3n2)cc1. The van der Waals surface area contributed by atoms with E-state index in [4.69, 9.17) is 4.74 Å². The topological polar surface area (TPSA) is 56.5 Å². The molecule has 0 amide bonds. The van der Waals surface area contributed by atoms with Gasteiger partial charge in [0.1, 0.15) is 11.4 Å². The second-order valence-corrected chi connectivity index (χ2v) is 5.39. The molecule has 0 aliphatic heterocycles. The molecule has 3 rings (SSSR count). The molecule has 1 aromatic carbocycles. The zero-order chi connectivity index (χ0) is 16.2. The molecule has 0 aliphatic rings. The number of aromatic nitrogens is 3. The van der Waals surface area contributed by atoms with Crippen molar-refractivity contribution < 1.29 is 9.53 Å². The minimum Gasteiger partial charge on any atom is -0.491 e. The van der Waals surface area contributed by atoms with Gasteiger partial charge in [-0.05, 0) is 43.7 Å². The Kier molecular flexibility index (Phi) is 4.19. The molecule has 116 valence electrons. The molecule has 0 aliphatic carbocycles. The van der Waals surface area contributed by atoms with Crippen molar-refractivity contribution in [1.29, 1.82) is 0 Å². The van der Waals surface area contributed by atoms with Gasteiger partial charge in [0.05, 0.1) is 6.10 Å². The smallest absolute Gasteiger partial charge is 0.234 e. The second kappa shape index (κ2) is 6.44. The maximum atomic E-state index is 12.2. The summed E-state index contributed by atoms with van der Waals surface area (Å²) in [5, 5.41) is 0. The summed E-state index contributed by atoms with van der Waals surface area (Å²) in [4.78, 5) is 20.5. The lowest BCUT2D eigenvalue weighted by atomic mass is 10.1. The maximum absolute atomic E-state index is 12.2. The number of carbonyl (C=O) groups is 1. The van der Waals surface area contributed by atoms with E-state index in [1.165, 1.54) is 6.08 Å². The summed E-state index contributed by atoms with van der Waals surface area (Å²) in [6.45, 7) is 3.96. The molecule has 0 spiro atoms. The lowest BCUT2D eigenvalue weighted by Crippen LogP contribution is -2.05. The number of nitrogens with zero attached hydrogens (tertiary/aromatic N) is 3. The first kappa shape index (κ1) is 15.0. The molecule has 3 aromatic rings. The third kappa shape index (κ3) is 3.63. The number of hydrogen-bond acceptors (Lipinski definition) is 4. The van der Waals surface area contributed by atoms with Gasteiger partial charge >= 0.3 is 0 Å². The van der Waals surface area contributed by atoms with Crippen LogP contribution in [0.15, 0.2) is 55.0 Å². The van der Waals surface area contributed by atoms with E-state index in [2.05, 4.69) is 9.97 Å². The Morgan fingerprint density at radius 3 is 2.74 bits per heavy atom. The standard InChI is InChI=1S/C18H17N3O2/c1-13(2)23-15-7-4-14(5-8-15)6-9-17(22)16-12-21-11-3-10-19-18(21)20-16/h3-13H,1-2H3/b9-6+. The number of rotatable bonds is 5. The quantitative estimate of drug-likeness (QED) is 0.535. The van der Waals surface area contributed by atoms with Crippen molar-refractivity contribution in [3.05, 3.63) is 66.3 Å². The number of carbonyl (C=O) groups excluding carboxylic acids is 1. The number of allylic oxidation sites excluding steroid dienone is 1. The number of ether oxygens (including phenoxy) is 1. The molecule has 0 saturated carbocycles. The Morgan fingerprint density at radius 1 is 1.26 bits per heavy atom. The third-order valence-electron chi connectivity index (χ3n) is 3.17. The molecule has 0 bridgehead atoms. The zero-order valence-electron chi connectivity index (χ0n) is 13.0. The van der Waals surface area contributed by atoms with Crippen LogP contribution in [0.25, 0.3) is 11.9 Å². The summed E-state index contributed by atoms with van der Waals surface area (Å²) in [6, 6.07) is 9.39. The second-order valence-electron chi connectivity index (χ2n) is 5.39. The van der Waals surface area contributed by atoms with E-state index >= 15 is 0 Å². The maximum Gasteiger partial charge on any atom is 0.234 e. The normalized spacial score (nSPS) is 11.4. The Bertz CT molecular complexity index is 815. The van der Waals surface area contributed by atoms with Crippen LogP contribution in [0.2, 0.25) is 0 Å². The number of fused-ring (bicyclic) bond motifs is 1. The highest BCUT2D eigenvalue weighted by atomic mass is 16.5. The summed E-state index contributed by atoms with van der Waals surface area (Å²) in [7, 11) is 0. The predicted molar refractivity (Wildman–Crippen MR) is 88.6 cm³/mol. The number of hydrogen-bond donors (Lipinski definition) is 0. The van der Waals surface area contributed by atoms with E-state index in [0.29, 0.717) is 11.5 Å². The Hall–Kier alpha value is -2.95. The molecule has 2 heterocycles. The summed E-state index contributed by atoms with van der Waals surface area (Å²) in [5.74, 6) is 1.17. The van der Waals surface area contributed by atoms with Gasteiger partial charge in [0.15, 0.2) is 0 Å². The Labute approximate surface area is 134 Å². The average molecular weight is 307 g/mol. The molecule has 5 nitrogen and oxygen atoms in total. The molecule has 2 aromatic heterocycles. The average Bonchev–Trinajstić information content (AvgIpc) is 2.97. The van der Waals surface area contributed by atoms with Gasteiger partial charge in [-0.3, -0.25) is 9.20 Å². The van der Waals surface area contributed by atoms with Crippen molar-refractivity contribution in [2.24, 2.45) is 0 Å². The van der Waals surface area contributed by atoms with Gasteiger partial charge in [0, 0.05) is 18.6 Å². The van der Waals surface area contributed by atoms with Crippen LogP contribution in [0.1, 0.15) is 29.9 Å². The molecule has 0 fully saturated rings. The largest absolute Gasteiger partial charge is 0.491 e. The van der Waals surface area contributed by atoms with Crippen LogP contribution >= 0.6 is 0 Å². The fourth-order valence-electron chi connectivity index (χ4n) is 2.14. The van der Waals surface area contributed by atoms with Gasteiger partial charge in [-0.2, -0.15) is 0 Å². The molecule has 0 saturated heterocycles. The van der Waals surface area contributed by atoms with Crippen molar-refractivity contribution in [1.82, 2.24) is 14.4 Å². The number of benzene rings is 1. The lowest BCUT2D eigenvalue weighted by molar-refractivity contribution is 0.104. The Balaban J connectivity index is 1.72. The van der Waals surface area contributed by atoms with Crippen molar-refractivity contribution in [2.75, 3.05) is 0 Å². The highest BCUT2D eigenvalue weighted by molar-refractivity contribution is 6.05. The fraction of sp³-hybridized carbons (Fsp3) is 0.167. The molecular formula is C18H17N3O2. The van der Waals surface area contributed by atoms with Crippen LogP contribution in [-0.4, -0.2) is 26.3 Å². The van der Waals surface area contributed by atoms with E-state index in [-0.39, 0.29) is 11.9 Å². The summed E-state index contributed by atoms with van der Waals surface area (Å²) < 4.78 is 7.31. The van der Waals surface area contributed by atoms with Crippen LogP contribution in [0.4, 0.5) is 0 Å². The van der Waals surface area contributed by atoms with Gasteiger partial charge in [0.25, 0.3) is 0 Å². The van der Waals surface area contributed by atoms with E-state index in [1.807, 2.05) is 44.3 Å². The monoisotopic (exact) mass is 307 g/mol.